The molecule has 3 N–H and O–H groups in total. The zero-order chi connectivity index (χ0) is 16.5. The second-order valence-corrected chi connectivity index (χ2v) is 5.82. The molecule has 0 fully saturated rings. The number of urea groups is 1. The molecule has 124 valence electrons. The molecule has 3 amide bonds. The molecule has 5 heteroatoms. The second kappa shape index (κ2) is 8.98. The average molecular weight is 315 g/mol. The van der Waals surface area contributed by atoms with E-state index in [2.05, 4.69) is 28.1 Å². The van der Waals surface area contributed by atoms with E-state index in [0.717, 1.165) is 31.4 Å². The highest BCUT2D eigenvalue weighted by Gasteiger charge is 2.11. The molecular formula is C18H25N3O2. The van der Waals surface area contributed by atoms with E-state index >= 15 is 0 Å². The number of amides is 3. The highest BCUT2D eigenvalue weighted by Crippen LogP contribution is 2.16. The molecule has 2 rings (SSSR count). The van der Waals surface area contributed by atoms with Gasteiger partial charge in [-0.15, -0.1) is 0 Å². The maximum absolute atomic E-state index is 11.8. The quantitative estimate of drug-likeness (QED) is 0.705. The van der Waals surface area contributed by atoms with Crippen LogP contribution in [0.4, 0.5) is 4.79 Å². The van der Waals surface area contributed by atoms with Crippen molar-refractivity contribution in [1.29, 1.82) is 0 Å². The van der Waals surface area contributed by atoms with Gasteiger partial charge in [0.1, 0.15) is 0 Å². The molecule has 1 aromatic carbocycles. The molecular weight excluding hydrogens is 290 g/mol. The van der Waals surface area contributed by atoms with Gasteiger partial charge in [0.2, 0.25) is 0 Å². The predicted molar refractivity (Wildman–Crippen MR) is 91.4 cm³/mol. The minimum atomic E-state index is -0.123. The largest absolute Gasteiger partial charge is 0.355 e. The molecule has 0 bridgehead atoms. The molecule has 1 aliphatic rings. The molecule has 0 saturated carbocycles. The molecule has 0 spiro atoms. The van der Waals surface area contributed by atoms with Crippen LogP contribution < -0.4 is 16.0 Å². The van der Waals surface area contributed by atoms with Crippen molar-refractivity contribution in [3.63, 3.8) is 0 Å². The van der Waals surface area contributed by atoms with E-state index in [1.807, 2.05) is 18.2 Å². The fourth-order valence-electron chi connectivity index (χ4n) is 2.67. The van der Waals surface area contributed by atoms with Gasteiger partial charge in [0, 0.05) is 25.7 Å². The molecule has 1 unspecified atom stereocenters. The van der Waals surface area contributed by atoms with Crippen molar-refractivity contribution in [1.82, 2.24) is 16.0 Å². The minimum Gasteiger partial charge on any atom is -0.355 e. The standard InChI is InChI=1S/C18H25N3O2/c1-19-17(22)16-9-5-8-14(12-16)10-11-20-18(23)21-13-15-6-3-2-4-7-15/h2-3,5,8-9,12,15H,4,6-7,10-11,13H2,1H3,(H,19,22)(H2,20,21,23). The fourth-order valence-corrected chi connectivity index (χ4v) is 2.67. The summed E-state index contributed by atoms with van der Waals surface area (Å²) in [6, 6.07) is 7.33. The Labute approximate surface area is 137 Å². The lowest BCUT2D eigenvalue weighted by Gasteiger charge is -2.18. The van der Waals surface area contributed by atoms with Crippen molar-refractivity contribution in [3.05, 3.63) is 47.5 Å². The lowest BCUT2D eigenvalue weighted by atomic mass is 9.94. The van der Waals surface area contributed by atoms with Crippen LogP contribution in [0.1, 0.15) is 35.2 Å². The smallest absolute Gasteiger partial charge is 0.314 e. The Bertz CT molecular complexity index is 569. The Morgan fingerprint density at radius 1 is 1.22 bits per heavy atom. The molecule has 0 radical (unpaired) electrons. The van der Waals surface area contributed by atoms with E-state index in [1.54, 1.807) is 13.1 Å². The number of benzene rings is 1. The number of rotatable bonds is 6. The number of carbonyl (C=O) groups is 2. The molecule has 1 aliphatic carbocycles. The van der Waals surface area contributed by atoms with Crippen LogP contribution in [0.3, 0.4) is 0 Å². The number of allylic oxidation sites excluding steroid dienone is 2. The molecule has 1 atom stereocenters. The topological polar surface area (TPSA) is 70.2 Å². The van der Waals surface area contributed by atoms with Gasteiger partial charge in [-0.2, -0.15) is 0 Å². The van der Waals surface area contributed by atoms with Gasteiger partial charge in [0.05, 0.1) is 0 Å². The maximum atomic E-state index is 11.8. The Hall–Kier alpha value is -2.30. The summed E-state index contributed by atoms with van der Waals surface area (Å²) in [7, 11) is 1.61. The van der Waals surface area contributed by atoms with Gasteiger partial charge in [-0.25, -0.2) is 4.79 Å². The second-order valence-electron chi connectivity index (χ2n) is 5.82. The number of carbonyl (C=O) groups excluding carboxylic acids is 2. The molecule has 5 nitrogen and oxygen atoms in total. The summed E-state index contributed by atoms with van der Waals surface area (Å²) < 4.78 is 0. The summed E-state index contributed by atoms with van der Waals surface area (Å²) in [6.45, 7) is 1.27. The van der Waals surface area contributed by atoms with E-state index in [4.69, 9.17) is 0 Å². The Kier molecular flexibility index (Phi) is 6.66. The van der Waals surface area contributed by atoms with Crippen LogP contribution >= 0.6 is 0 Å². The number of hydrogen-bond acceptors (Lipinski definition) is 2. The first-order chi connectivity index (χ1) is 11.2. The van der Waals surface area contributed by atoms with Crippen LogP contribution in [-0.2, 0) is 6.42 Å². The minimum absolute atomic E-state index is 0.0981. The first kappa shape index (κ1) is 17.1. The normalized spacial score (nSPS) is 16.7. The summed E-state index contributed by atoms with van der Waals surface area (Å²) >= 11 is 0. The van der Waals surface area contributed by atoms with Crippen molar-refractivity contribution >= 4 is 11.9 Å². The average Bonchev–Trinajstić information content (AvgIpc) is 2.60. The van der Waals surface area contributed by atoms with Crippen molar-refractivity contribution in [2.75, 3.05) is 20.1 Å². The van der Waals surface area contributed by atoms with Gasteiger partial charge in [0.25, 0.3) is 5.91 Å². The van der Waals surface area contributed by atoms with Gasteiger partial charge < -0.3 is 16.0 Å². The van der Waals surface area contributed by atoms with Gasteiger partial charge in [-0.1, -0.05) is 24.3 Å². The van der Waals surface area contributed by atoms with Gasteiger partial charge in [0.15, 0.2) is 0 Å². The van der Waals surface area contributed by atoms with E-state index in [1.165, 1.54) is 0 Å². The SMILES string of the molecule is CNC(=O)c1cccc(CCNC(=O)NCC2CC=CCC2)c1. The Morgan fingerprint density at radius 2 is 2.09 bits per heavy atom. The lowest BCUT2D eigenvalue weighted by Crippen LogP contribution is -2.39. The first-order valence-corrected chi connectivity index (χ1v) is 8.16. The summed E-state index contributed by atoms with van der Waals surface area (Å²) in [6.07, 6.45) is 8.38. The van der Waals surface area contributed by atoms with Crippen LogP contribution in [0.5, 0.6) is 0 Å². The van der Waals surface area contributed by atoms with Crippen molar-refractivity contribution < 1.29 is 9.59 Å². The number of hydrogen-bond donors (Lipinski definition) is 3. The van der Waals surface area contributed by atoms with E-state index in [9.17, 15) is 9.59 Å². The molecule has 0 heterocycles. The lowest BCUT2D eigenvalue weighted by molar-refractivity contribution is 0.0963. The summed E-state index contributed by atoms with van der Waals surface area (Å²) in [5.74, 6) is 0.453. The van der Waals surface area contributed by atoms with Crippen molar-refractivity contribution in [2.24, 2.45) is 5.92 Å². The third kappa shape index (κ3) is 5.77. The van der Waals surface area contributed by atoms with Crippen LogP contribution in [0.2, 0.25) is 0 Å². The van der Waals surface area contributed by atoms with Gasteiger partial charge in [-0.05, 0) is 49.3 Å². The van der Waals surface area contributed by atoms with Crippen LogP contribution in [0.15, 0.2) is 36.4 Å². The van der Waals surface area contributed by atoms with Gasteiger partial charge in [-0.3, -0.25) is 4.79 Å². The maximum Gasteiger partial charge on any atom is 0.314 e. The predicted octanol–water partition coefficient (Wildman–Crippen LogP) is 2.24. The molecule has 0 aliphatic heterocycles. The van der Waals surface area contributed by atoms with E-state index in [-0.39, 0.29) is 11.9 Å². The highest BCUT2D eigenvalue weighted by molar-refractivity contribution is 5.94. The monoisotopic (exact) mass is 315 g/mol. The van der Waals surface area contributed by atoms with Crippen LogP contribution in [-0.4, -0.2) is 32.1 Å². The van der Waals surface area contributed by atoms with Crippen LogP contribution in [0, 0.1) is 5.92 Å². The Balaban J connectivity index is 1.68. The third-order valence-electron chi connectivity index (χ3n) is 4.04. The third-order valence-corrected chi connectivity index (χ3v) is 4.04. The number of nitrogens with one attached hydrogen (secondary N) is 3. The van der Waals surface area contributed by atoms with Crippen molar-refractivity contribution in [2.45, 2.75) is 25.7 Å². The van der Waals surface area contributed by atoms with Crippen LogP contribution in [0.25, 0.3) is 0 Å². The summed E-state index contributed by atoms with van der Waals surface area (Å²) in [5.41, 5.74) is 1.67. The molecule has 23 heavy (non-hydrogen) atoms. The fraction of sp³-hybridized carbons (Fsp3) is 0.444. The summed E-state index contributed by atoms with van der Waals surface area (Å²) in [5, 5.41) is 8.40. The Morgan fingerprint density at radius 3 is 2.83 bits per heavy atom. The first-order valence-electron chi connectivity index (χ1n) is 8.16. The zero-order valence-electron chi connectivity index (χ0n) is 13.6. The van der Waals surface area contributed by atoms with Gasteiger partial charge >= 0.3 is 6.03 Å². The molecule has 0 saturated heterocycles. The molecule has 1 aromatic rings. The zero-order valence-corrected chi connectivity index (χ0v) is 13.6. The van der Waals surface area contributed by atoms with Crippen molar-refractivity contribution in [3.8, 4) is 0 Å². The highest BCUT2D eigenvalue weighted by atomic mass is 16.2. The molecule has 0 aromatic heterocycles. The van der Waals surface area contributed by atoms with E-state index < -0.39 is 0 Å². The van der Waals surface area contributed by atoms with E-state index in [0.29, 0.717) is 24.4 Å². The summed E-state index contributed by atoms with van der Waals surface area (Å²) in [4.78, 5) is 23.4.